The van der Waals surface area contributed by atoms with Gasteiger partial charge < -0.3 is 4.98 Å². The number of rotatable bonds is 5. The highest BCUT2D eigenvalue weighted by atomic mass is 32.1. The minimum atomic E-state index is 0.224. The zero-order valence-corrected chi connectivity index (χ0v) is 22.3. The van der Waals surface area contributed by atoms with E-state index in [1.54, 1.807) is 17.7 Å². The summed E-state index contributed by atoms with van der Waals surface area (Å²) in [5.74, 6) is 1.06. The molecule has 0 spiro atoms. The predicted molar refractivity (Wildman–Crippen MR) is 152 cm³/mol. The van der Waals surface area contributed by atoms with Gasteiger partial charge in [-0.3, -0.25) is 9.89 Å². The SMILES string of the molecule is C/C1=C/C(c2[nH]c3ccc(C4CCN(Cc5nccs5)CC4)cc3c2C(C)C)=C\CCC2N=CN=C12. The van der Waals surface area contributed by atoms with Gasteiger partial charge in [-0.2, -0.15) is 0 Å². The van der Waals surface area contributed by atoms with Gasteiger partial charge in [0.05, 0.1) is 18.3 Å². The Labute approximate surface area is 217 Å². The zero-order valence-electron chi connectivity index (χ0n) is 21.5. The number of thiazole rings is 1. The molecule has 1 atom stereocenters. The maximum atomic E-state index is 4.57. The van der Waals surface area contributed by atoms with Gasteiger partial charge in [-0.05, 0) is 98.0 Å². The zero-order chi connectivity index (χ0) is 24.6. The van der Waals surface area contributed by atoms with Crippen molar-refractivity contribution in [3.05, 3.63) is 69.3 Å². The van der Waals surface area contributed by atoms with Gasteiger partial charge in [0.2, 0.25) is 0 Å². The van der Waals surface area contributed by atoms with E-state index in [1.165, 1.54) is 56.7 Å². The number of aromatic amines is 1. The molecular weight excluding hydrogens is 462 g/mol. The van der Waals surface area contributed by atoms with Crippen LogP contribution in [0.15, 0.2) is 57.5 Å². The Morgan fingerprint density at radius 3 is 2.81 bits per heavy atom. The lowest BCUT2D eigenvalue weighted by molar-refractivity contribution is 0.204. The van der Waals surface area contributed by atoms with Crippen molar-refractivity contribution in [3.8, 4) is 0 Å². The van der Waals surface area contributed by atoms with E-state index in [0.717, 1.165) is 38.2 Å². The Morgan fingerprint density at radius 1 is 1.17 bits per heavy atom. The van der Waals surface area contributed by atoms with Gasteiger partial charge in [-0.15, -0.1) is 11.3 Å². The van der Waals surface area contributed by atoms with Gasteiger partial charge in [0.15, 0.2) is 0 Å². The van der Waals surface area contributed by atoms with Crippen molar-refractivity contribution >= 4 is 39.9 Å². The second kappa shape index (κ2) is 9.91. The summed E-state index contributed by atoms with van der Waals surface area (Å²) in [6.07, 6.45) is 12.8. The summed E-state index contributed by atoms with van der Waals surface area (Å²) in [7, 11) is 0. The molecule has 6 rings (SSSR count). The third kappa shape index (κ3) is 4.53. The van der Waals surface area contributed by atoms with Crippen LogP contribution in [0.25, 0.3) is 16.5 Å². The van der Waals surface area contributed by atoms with Crippen molar-refractivity contribution in [2.75, 3.05) is 13.1 Å². The van der Waals surface area contributed by atoms with Gasteiger partial charge in [-0.1, -0.05) is 26.0 Å². The van der Waals surface area contributed by atoms with Crippen LogP contribution in [0.5, 0.6) is 0 Å². The quantitative estimate of drug-likeness (QED) is 0.409. The third-order valence-corrected chi connectivity index (χ3v) is 8.73. The minimum Gasteiger partial charge on any atom is -0.354 e. The number of benzene rings is 1. The van der Waals surface area contributed by atoms with Crippen LogP contribution < -0.4 is 0 Å². The molecule has 0 bridgehead atoms. The van der Waals surface area contributed by atoms with Crippen molar-refractivity contribution in [1.29, 1.82) is 0 Å². The van der Waals surface area contributed by atoms with Crippen LogP contribution in [-0.4, -0.2) is 46.0 Å². The predicted octanol–water partition coefficient (Wildman–Crippen LogP) is 7.10. The maximum Gasteiger partial charge on any atom is 0.111 e. The van der Waals surface area contributed by atoms with E-state index in [-0.39, 0.29) is 6.04 Å². The van der Waals surface area contributed by atoms with Crippen LogP contribution in [0.2, 0.25) is 0 Å². The summed E-state index contributed by atoms with van der Waals surface area (Å²) in [5.41, 5.74) is 9.08. The average molecular weight is 498 g/mol. The first-order valence-corrected chi connectivity index (χ1v) is 14.2. The van der Waals surface area contributed by atoms with Gasteiger partial charge >= 0.3 is 0 Å². The van der Waals surface area contributed by atoms with Crippen LogP contribution in [0.4, 0.5) is 0 Å². The standard InChI is InChI=1S/C30H35N5S/c1-19(2)28-24-16-22(21-9-12-35(13-10-21)17-27-31-11-14-36-27)7-8-25(24)34-30(28)23-5-4-6-26-29(20(3)15-23)33-18-32-26/h5,7-8,11,14-16,18-19,21,26,34H,4,6,9-10,12-13,17H2,1-3H3/b20-15-,23-5+. The lowest BCUT2D eigenvalue weighted by Crippen LogP contribution is -2.32. The average Bonchev–Trinajstić information content (AvgIpc) is 3.62. The first-order chi connectivity index (χ1) is 17.6. The molecule has 0 amide bonds. The summed E-state index contributed by atoms with van der Waals surface area (Å²) in [6, 6.07) is 7.38. The normalized spacial score (nSPS) is 24.2. The third-order valence-electron chi connectivity index (χ3n) is 7.97. The Bertz CT molecular complexity index is 1360. The molecule has 0 radical (unpaired) electrons. The molecule has 6 heteroatoms. The van der Waals surface area contributed by atoms with Crippen molar-refractivity contribution in [1.82, 2.24) is 14.9 Å². The van der Waals surface area contributed by atoms with Crippen LogP contribution in [-0.2, 0) is 6.54 Å². The molecule has 3 aliphatic rings. The smallest absolute Gasteiger partial charge is 0.111 e. The van der Waals surface area contributed by atoms with Gasteiger partial charge in [0.1, 0.15) is 11.3 Å². The van der Waals surface area contributed by atoms with Crippen LogP contribution >= 0.6 is 11.3 Å². The minimum absolute atomic E-state index is 0.224. The number of H-pyrrole nitrogens is 1. The molecule has 1 unspecified atom stereocenters. The van der Waals surface area contributed by atoms with Crippen molar-refractivity contribution in [2.24, 2.45) is 9.98 Å². The summed E-state index contributed by atoms with van der Waals surface area (Å²) in [4.78, 5) is 20.0. The number of nitrogens with one attached hydrogen (secondary N) is 1. The summed E-state index contributed by atoms with van der Waals surface area (Å²) >= 11 is 1.76. The number of likely N-dealkylation sites (tertiary alicyclic amines) is 1. The largest absolute Gasteiger partial charge is 0.354 e. The monoisotopic (exact) mass is 497 g/mol. The molecule has 36 heavy (non-hydrogen) atoms. The Kier molecular flexibility index (Phi) is 6.48. The molecule has 0 saturated carbocycles. The number of hydrogen-bond acceptors (Lipinski definition) is 5. The molecule has 4 heterocycles. The number of piperidine rings is 1. The molecule has 2 aromatic heterocycles. The Hall–Kier alpha value is -2.83. The van der Waals surface area contributed by atoms with E-state index in [4.69, 9.17) is 0 Å². The summed E-state index contributed by atoms with van der Waals surface area (Å²) in [5, 5.41) is 4.69. The summed E-state index contributed by atoms with van der Waals surface area (Å²) < 4.78 is 0. The van der Waals surface area contributed by atoms with E-state index in [9.17, 15) is 0 Å². The molecule has 1 N–H and O–H groups in total. The lowest BCUT2D eigenvalue weighted by atomic mass is 9.87. The fourth-order valence-corrected chi connectivity index (χ4v) is 6.76. The highest BCUT2D eigenvalue weighted by Gasteiger charge is 2.25. The molecule has 186 valence electrons. The second-order valence-corrected chi connectivity index (χ2v) is 11.7. The number of aromatic nitrogens is 2. The topological polar surface area (TPSA) is 56.6 Å². The van der Waals surface area contributed by atoms with Crippen LogP contribution in [0.1, 0.15) is 80.1 Å². The van der Waals surface area contributed by atoms with Gasteiger partial charge in [0, 0.05) is 28.2 Å². The molecule has 1 aliphatic carbocycles. The summed E-state index contributed by atoms with van der Waals surface area (Å²) in [6.45, 7) is 10.1. The van der Waals surface area contributed by atoms with E-state index >= 15 is 0 Å². The van der Waals surface area contributed by atoms with E-state index in [0.29, 0.717) is 11.8 Å². The van der Waals surface area contributed by atoms with Crippen molar-refractivity contribution in [2.45, 2.75) is 70.9 Å². The number of nitrogens with zero attached hydrogens (tertiary/aromatic N) is 4. The van der Waals surface area contributed by atoms with Gasteiger partial charge in [-0.25, -0.2) is 9.98 Å². The first kappa shape index (κ1) is 23.6. The van der Waals surface area contributed by atoms with Crippen molar-refractivity contribution in [3.63, 3.8) is 0 Å². The first-order valence-electron chi connectivity index (χ1n) is 13.3. The van der Waals surface area contributed by atoms with E-state index < -0.39 is 0 Å². The fraction of sp³-hybridized carbons (Fsp3) is 0.433. The number of fused-ring (bicyclic) bond motifs is 2. The second-order valence-electron chi connectivity index (χ2n) is 10.7. The molecule has 1 aromatic carbocycles. The van der Waals surface area contributed by atoms with Crippen molar-refractivity contribution < 1.29 is 0 Å². The van der Waals surface area contributed by atoms with Crippen LogP contribution in [0, 0.1) is 0 Å². The lowest BCUT2D eigenvalue weighted by Gasteiger charge is -2.31. The van der Waals surface area contributed by atoms with Crippen LogP contribution in [0.3, 0.4) is 0 Å². The molecular formula is C30H35N5S. The van der Waals surface area contributed by atoms with E-state index in [1.807, 2.05) is 6.20 Å². The molecule has 3 aromatic rings. The fourth-order valence-electron chi connectivity index (χ4n) is 6.10. The molecule has 2 aliphatic heterocycles. The Morgan fingerprint density at radius 2 is 2.03 bits per heavy atom. The Balaban J connectivity index is 1.28. The number of aliphatic imine (C=N–C) groups is 2. The highest BCUT2D eigenvalue weighted by Crippen LogP contribution is 2.38. The molecule has 1 saturated heterocycles. The number of hydrogen-bond donors (Lipinski definition) is 1. The molecule has 1 fully saturated rings. The van der Waals surface area contributed by atoms with Gasteiger partial charge in [0.25, 0.3) is 0 Å². The molecule has 5 nitrogen and oxygen atoms in total. The van der Waals surface area contributed by atoms with E-state index in [2.05, 4.69) is 81.4 Å². The maximum absolute atomic E-state index is 4.57. The number of allylic oxidation sites excluding steroid dienone is 3. The highest BCUT2D eigenvalue weighted by molar-refractivity contribution is 7.09.